The molecular weight excluding hydrogens is 332 g/mol. The number of hydrogen-bond acceptors (Lipinski definition) is 8. The monoisotopic (exact) mass is 356 g/mol. The SMILES string of the molecule is CCc1nc(Nc2ncccc2C(=O)NC)nc(N2CCN(C)CC2)n1. The molecule has 26 heavy (non-hydrogen) atoms. The number of likely N-dealkylation sites (N-methyl/N-ethyl adjacent to an activating group) is 1. The highest BCUT2D eigenvalue weighted by atomic mass is 16.1. The Hall–Kier alpha value is -2.81. The largest absolute Gasteiger partial charge is 0.355 e. The number of hydrogen-bond donors (Lipinski definition) is 2. The van der Waals surface area contributed by atoms with Crippen LogP contribution in [0.3, 0.4) is 0 Å². The van der Waals surface area contributed by atoms with Crippen molar-refractivity contribution >= 4 is 23.6 Å². The van der Waals surface area contributed by atoms with E-state index in [9.17, 15) is 4.79 Å². The van der Waals surface area contributed by atoms with Gasteiger partial charge in [-0.3, -0.25) is 4.79 Å². The van der Waals surface area contributed by atoms with E-state index < -0.39 is 0 Å². The number of aryl methyl sites for hydroxylation is 1. The zero-order valence-corrected chi connectivity index (χ0v) is 15.4. The molecule has 1 saturated heterocycles. The third-order valence-corrected chi connectivity index (χ3v) is 4.28. The van der Waals surface area contributed by atoms with Gasteiger partial charge in [-0.1, -0.05) is 6.92 Å². The fraction of sp³-hybridized carbons (Fsp3) is 0.471. The number of carbonyl (C=O) groups excluding carboxylic acids is 1. The zero-order valence-electron chi connectivity index (χ0n) is 15.4. The summed E-state index contributed by atoms with van der Waals surface area (Å²) in [5.41, 5.74) is 0.439. The van der Waals surface area contributed by atoms with Gasteiger partial charge in [0.2, 0.25) is 11.9 Å². The first-order valence-corrected chi connectivity index (χ1v) is 8.73. The van der Waals surface area contributed by atoms with Gasteiger partial charge in [0.1, 0.15) is 11.6 Å². The number of anilines is 3. The molecule has 1 fully saturated rings. The second kappa shape index (κ2) is 8.05. The summed E-state index contributed by atoms with van der Waals surface area (Å²) in [6, 6.07) is 3.42. The topological polar surface area (TPSA) is 99.2 Å². The molecular formula is C17H24N8O. The van der Waals surface area contributed by atoms with E-state index in [2.05, 4.69) is 47.4 Å². The Morgan fingerprint density at radius 1 is 1.19 bits per heavy atom. The summed E-state index contributed by atoms with van der Waals surface area (Å²) in [7, 11) is 3.69. The Morgan fingerprint density at radius 3 is 2.65 bits per heavy atom. The quantitative estimate of drug-likeness (QED) is 0.807. The number of nitrogens with zero attached hydrogens (tertiary/aromatic N) is 6. The minimum absolute atomic E-state index is 0.218. The number of carbonyl (C=O) groups is 1. The van der Waals surface area contributed by atoms with Crippen molar-refractivity contribution in [2.24, 2.45) is 0 Å². The van der Waals surface area contributed by atoms with Gasteiger partial charge in [-0.2, -0.15) is 15.0 Å². The predicted octanol–water partition coefficient (Wildman–Crippen LogP) is 0.684. The molecule has 9 nitrogen and oxygen atoms in total. The highest BCUT2D eigenvalue weighted by Gasteiger charge is 2.19. The van der Waals surface area contributed by atoms with Gasteiger partial charge in [-0.25, -0.2) is 4.98 Å². The molecule has 138 valence electrons. The standard InChI is InChI=1S/C17H24N8O/c1-4-13-20-16(22-14-12(15(26)18-2)6-5-7-19-14)23-17(21-13)25-10-8-24(3)9-11-25/h5-7H,4,8-11H2,1-3H3,(H,18,26)(H,19,20,21,22,23). The number of amides is 1. The van der Waals surface area contributed by atoms with E-state index >= 15 is 0 Å². The van der Waals surface area contributed by atoms with Crippen LogP contribution in [-0.4, -0.2) is 71.0 Å². The number of pyridine rings is 1. The smallest absolute Gasteiger partial charge is 0.254 e. The molecule has 1 aliphatic heterocycles. The molecule has 0 bridgehead atoms. The van der Waals surface area contributed by atoms with Crippen molar-refractivity contribution in [3.63, 3.8) is 0 Å². The fourth-order valence-electron chi connectivity index (χ4n) is 2.70. The van der Waals surface area contributed by atoms with E-state index in [4.69, 9.17) is 0 Å². The summed E-state index contributed by atoms with van der Waals surface area (Å²) in [5, 5.41) is 5.69. The molecule has 2 aromatic rings. The second-order valence-corrected chi connectivity index (χ2v) is 6.12. The van der Waals surface area contributed by atoms with Crippen molar-refractivity contribution in [1.82, 2.24) is 30.2 Å². The lowest BCUT2D eigenvalue weighted by Gasteiger charge is -2.32. The molecule has 0 aliphatic carbocycles. The average molecular weight is 356 g/mol. The first-order chi connectivity index (χ1) is 12.6. The van der Waals surface area contributed by atoms with Crippen molar-refractivity contribution in [2.45, 2.75) is 13.3 Å². The van der Waals surface area contributed by atoms with Gasteiger partial charge in [-0.05, 0) is 19.2 Å². The molecule has 2 N–H and O–H groups in total. The second-order valence-electron chi connectivity index (χ2n) is 6.12. The van der Waals surface area contributed by atoms with E-state index in [0.29, 0.717) is 35.5 Å². The predicted molar refractivity (Wildman–Crippen MR) is 99.8 cm³/mol. The van der Waals surface area contributed by atoms with Crippen LogP contribution in [0.25, 0.3) is 0 Å². The minimum Gasteiger partial charge on any atom is -0.355 e. The maximum absolute atomic E-state index is 12.0. The number of aromatic nitrogens is 4. The van der Waals surface area contributed by atoms with Crippen LogP contribution >= 0.6 is 0 Å². The van der Waals surface area contributed by atoms with Gasteiger partial charge < -0.3 is 20.4 Å². The Bertz CT molecular complexity index is 773. The highest BCUT2D eigenvalue weighted by Crippen LogP contribution is 2.19. The van der Waals surface area contributed by atoms with Gasteiger partial charge in [0.15, 0.2) is 0 Å². The molecule has 0 atom stereocenters. The summed E-state index contributed by atoms with van der Waals surface area (Å²) < 4.78 is 0. The third-order valence-electron chi connectivity index (χ3n) is 4.28. The summed E-state index contributed by atoms with van der Waals surface area (Å²) in [4.78, 5) is 34.3. The molecule has 0 saturated carbocycles. The van der Waals surface area contributed by atoms with Crippen molar-refractivity contribution in [2.75, 3.05) is 50.5 Å². The summed E-state index contributed by atoms with van der Waals surface area (Å²) in [5.74, 6) is 1.96. The normalized spacial score (nSPS) is 15.0. The Labute approximate surface area is 152 Å². The zero-order chi connectivity index (χ0) is 18.5. The van der Waals surface area contributed by atoms with E-state index in [1.54, 1.807) is 25.4 Å². The highest BCUT2D eigenvalue weighted by molar-refractivity contribution is 5.98. The van der Waals surface area contributed by atoms with Crippen LogP contribution in [0.2, 0.25) is 0 Å². The number of piperazine rings is 1. The van der Waals surface area contributed by atoms with E-state index in [0.717, 1.165) is 26.2 Å². The molecule has 9 heteroatoms. The molecule has 3 rings (SSSR count). The van der Waals surface area contributed by atoms with Crippen molar-refractivity contribution < 1.29 is 4.79 Å². The van der Waals surface area contributed by atoms with Crippen molar-refractivity contribution in [1.29, 1.82) is 0 Å². The fourth-order valence-corrected chi connectivity index (χ4v) is 2.70. The van der Waals surface area contributed by atoms with Gasteiger partial charge in [0, 0.05) is 45.8 Å². The third kappa shape index (κ3) is 4.05. The van der Waals surface area contributed by atoms with Gasteiger partial charge >= 0.3 is 0 Å². The van der Waals surface area contributed by atoms with E-state index in [1.165, 1.54) is 0 Å². The lowest BCUT2D eigenvalue weighted by Crippen LogP contribution is -2.45. The maximum Gasteiger partial charge on any atom is 0.254 e. The van der Waals surface area contributed by atoms with Gasteiger partial charge in [0.25, 0.3) is 5.91 Å². The molecule has 0 aromatic carbocycles. The Balaban J connectivity index is 1.89. The molecule has 0 radical (unpaired) electrons. The minimum atomic E-state index is -0.218. The van der Waals surface area contributed by atoms with Gasteiger partial charge in [-0.15, -0.1) is 0 Å². The molecule has 0 spiro atoms. The molecule has 0 unspecified atom stereocenters. The molecule has 1 aliphatic rings. The van der Waals surface area contributed by atoms with Crippen molar-refractivity contribution in [3.8, 4) is 0 Å². The van der Waals surface area contributed by atoms with Crippen LogP contribution in [0.1, 0.15) is 23.1 Å². The van der Waals surface area contributed by atoms with E-state index in [1.807, 2.05) is 6.92 Å². The van der Waals surface area contributed by atoms with Crippen LogP contribution in [0.5, 0.6) is 0 Å². The molecule has 1 amide bonds. The van der Waals surface area contributed by atoms with Crippen LogP contribution in [-0.2, 0) is 6.42 Å². The first kappa shape index (κ1) is 18.0. The van der Waals surface area contributed by atoms with Crippen LogP contribution < -0.4 is 15.5 Å². The molecule has 3 heterocycles. The molecule has 2 aromatic heterocycles. The van der Waals surface area contributed by atoms with Gasteiger partial charge in [0.05, 0.1) is 5.56 Å². The Morgan fingerprint density at radius 2 is 1.96 bits per heavy atom. The average Bonchev–Trinajstić information content (AvgIpc) is 2.68. The summed E-state index contributed by atoms with van der Waals surface area (Å²) in [6.07, 6.45) is 2.32. The summed E-state index contributed by atoms with van der Waals surface area (Å²) >= 11 is 0. The van der Waals surface area contributed by atoms with Crippen LogP contribution in [0, 0.1) is 0 Å². The first-order valence-electron chi connectivity index (χ1n) is 8.73. The summed E-state index contributed by atoms with van der Waals surface area (Å²) in [6.45, 7) is 5.68. The van der Waals surface area contributed by atoms with E-state index in [-0.39, 0.29) is 5.91 Å². The maximum atomic E-state index is 12.0. The Kier molecular flexibility index (Phi) is 5.57. The van der Waals surface area contributed by atoms with Crippen molar-refractivity contribution in [3.05, 3.63) is 29.7 Å². The van der Waals surface area contributed by atoms with Crippen LogP contribution in [0.15, 0.2) is 18.3 Å². The number of rotatable bonds is 5. The van der Waals surface area contributed by atoms with Crippen LogP contribution in [0.4, 0.5) is 17.7 Å². The number of nitrogens with one attached hydrogen (secondary N) is 2. The lowest BCUT2D eigenvalue weighted by atomic mass is 10.2. The lowest BCUT2D eigenvalue weighted by molar-refractivity contribution is 0.0963.